The highest BCUT2D eigenvalue weighted by Crippen LogP contribution is 2.41. The summed E-state index contributed by atoms with van der Waals surface area (Å²) >= 11 is 3.50. The number of hydrogen-bond acceptors (Lipinski definition) is 3. The Bertz CT molecular complexity index is 647. The average molecular weight is 434 g/mol. The molecule has 0 unspecified atom stereocenters. The van der Waals surface area contributed by atoms with Gasteiger partial charge in [0.05, 0.1) is 5.60 Å². The number of benzene rings is 2. The van der Waals surface area contributed by atoms with Crippen molar-refractivity contribution in [3.63, 3.8) is 0 Å². The lowest BCUT2D eigenvalue weighted by molar-refractivity contribution is -0.00369. The fraction of sp³-hybridized carbons (Fsp3) is 0.478. The molecule has 148 valence electrons. The zero-order chi connectivity index (χ0) is 19.5. The lowest BCUT2D eigenvalue weighted by Gasteiger charge is -2.38. The molecule has 0 amide bonds. The monoisotopic (exact) mass is 433 g/mol. The molecule has 0 aliphatic rings. The molecule has 2 rings (SSSR count). The van der Waals surface area contributed by atoms with E-state index in [1.165, 1.54) is 0 Å². The van der Waals surface area contributed by atoms with Crippen LogP contribution in [0.25, 0.3) is 0 Å². The van der Waals surface area contributed by atoms with Gasteiger partial charge in [-0.3, -0.25) is 0 Å². The zero-order valence-electron chi connectivity index (χ0n) is 16.2. The van der Waals surface area contributed by atoms with Crippen LogP contribution < -0.4 is 5.32 Å². The van der Waals surface area contributed by atoms with E-state index in [9.17, 15) is 5.11 Å². The minimum absolute atomic E-state index is 0.0412. The largest absolute Gasteiger partial charge is 0.396 e. The second-order valence-corrected chi connectivity index (χ2v) is 8.05. The van der Waals surface area contributed by atoms with E-state index >= 15 is 0 Å². The van der Waals surface area contributed by atoms with E-state index in [0.29, 0.717) is 6.54 Å². The first kappa shape index (κ1) is 22.1. The van der Waals surface area contributed by atoms with Crippen LogP contribution >= 0.6 is 15.9 Å². The quantitative estimate of drug-likeness (QED) is 0.414. The molecule has 0 bridgehead atoms. The number of aliphatic hydroxyl groups excluding tert-OH is 1. The smallest absolute Gasteiger partial charge is 0.0976 e. The lowest BCUT2D eigenvalue weighted by Crippen LogP contribution is -2.39. The summed E-state index contributed by atoms with van der Waals surface area (Å²) in [5.41, 5.74) is 1.18. The topological polar surface area (TPSA) is 52.5 Å². The molecular formula is C23H32BrNO2. The van der Waals surface area contributed by atoms with Crippen molar-refractivity contribution in [3.05, 3.63) is 70.2 Å². The summed E-state index contributed by atoms with van der Waals surface area (Å²) in [4.78, 5) is 0. The van der Waals surface area contributed by atoms with Crippen molar-refractivity contribution in [1.29, 1.82) is 0 Å². The summed E-state index contributed by atoms with van der Waals surface area (Å²) in [6, 6.07) is 18.4. The third-order valence-electron chi connectivity index (χ3n) is 5.14. The normalized spacial score (nSPS) is 14.7. The highest BCUT2D eigenvalue weighted by molar-refractivity contribution is 9.10. The van der Waals surface area contributed by atoms with Crippen LogP contribution in [0.3, 0.4) is 0 Å². The van der Waals surface area contributed by atoms with Gasteiger partial charge in [-0.05, 0) is 49.1 Å². The van der Waals surface area contributed by atoms with Crippen molar-refractivity contribution in [3.8, 4) is 0 Å². The highest BCUT2D eigenvalue weighted by Gasteiger charge is 2.38. The predicted octanol–water partition coefficient (Wildman–Crippen LogP) is 4.97. The summed E-state index contributed by atoms with van der Waals surface area (Å²) in [5, 5.41) is 24.4. The molecule has 0 aliphatic carbocycles. The van der Waals surface area contributed by atoms with Gasteiger partial charge in [-0.1, -0.05) is 78.2 Å². The highest BCUT2D eigenvalue weighted by atomic mass is 79.9. The van der Waals surface area contributed by atoms with Gasteiger partial charge in [0, 0.05) is 23.5 Å². The van der Waals surface area contributed by atoms with Gasteiger partial charge in [-0.25, -0.2) is 0 Å². The maximum Gasteiger partial charge on any atom is 0.0976 e. The van der Waals surface area contributed by atoms with E-state index in [1.807, 2.05) is 42.5 Å². The second kappa shape index (κ2) is 11.6. The van der Waals surface area contributed by atoms with Crippen molar-refractivity contribution in [2.24, 2.45) is 0 Å². The van der Waals surface area contributed by atoms with Gasteiger partial charge in [-0.15, -0.1) is 0 Å². The number of aliphatic hydroxyl groups is 2. The van der Waals surface area contributed by atoms with Crippen LogP contribution in [-0.4, -0.2) is 29.9 Å². The molecule has 0 aromatic heterocycles. The third kappa shape index (κ3) is 6.42. The van der Waals surface area contributed by atoms with E-state index in [1.54, 1.807) is 0 Å². The molecule has 0 saturated heterocycles. The van der Waals surface area contributed by atoms with Gasteiger partial charge >= 0.3 is 0 Å². The molecule has 0 aliphatic heterocycles. The van der Waals surface area contributed by atoms with Gasteiger partial charge in [-0.2, -0.15) is 0 Å². The first-order valence-electron chi connectivity index (χ1n) is 9.96. The number of rotatable bonds is 12. The SMILES string of the molecule is CCCC[C@@](O)(c1ccc(Br)cc1)[C@@H](CNCCCCO)c1ccccc1. The van der Waals surface area contributed by atoms with Gasteiger partial charge in [0.15, 0.2) is 0 Å². The minimum Gasteiger partial charge on any atom is -0.396 e. The number of nitrogens with one attached hydrogen (secondary N) is 1. The summed E-state index contributed by atoms with van der Waals surface area (Å²) in [5.74, 6) is -0.0412. The molecule has 4 heteroatoms. The molecule has 0 fully saturated rings. The fourth-order valence-corrected chi connectivity index (χ4v) is 3.82. The molecule has 0 spiro atoms. The standard InChI is InChI=1S/C23H32BrNO2/c1-2-3-15-23(27,20-11-13-21(24)14-12-20)22(18-25-16-7-8-17-26)19-9-5-4-6-10-19/h4-6,9-14,22,25-27H,2-3,7-8,15-18H2,1H3/t22-,23+/m0/s1. The first-order chi connectivity index (χ1) is 13.1. The van der Waals surface area contributed by atoms with E-state index in [0.717, 1.165) is 54.2 Å². The Kier molecular flexibility index (Phi) is 9.49. The molecule has 2 atom stereocenters. The molecule has 0 radical (unpaired) electrons. The van der Waals surface area contributed by atoms with Crippen molar-refractivity contribution >= 4 is 15.9 Å². The van der Waals surface area contributed by atoms with Crippen LogP contribution in [0, 0.1) is 0 Å². The molecule has 3 nitrogen and oxygen atoms in total. The van der Waals surface area contributed by atoms with Crippen molar-refractivity contribution < 1.29 is 10.2 Å². The van der Waals surface area contributed by atoms with Crippen molar-refractivity contribution in [2.75, 3.05) is 19.7 Å². The molecule has 0 heterocycles. The zero-order valence-corrected chi connectivity index (χ0v) is 17.8. The van der Waals surface area contributed by atoms with Crippen molar-refractivity contribution in [2.45, 2.75) is 50.5 Å². The average Bonchev–Trinajstić information content (AvgIpc) is 2.70. The van der Waals surface area contributed by atoms with Crippen LogP contribution in [0.4, 0.5) is 0 Å². The van der Waals surface area contributed by atoms with Crippen LogP contribution in [-0.2, 0) is 5.60 Å². The van der Waals surface area contributed by atoms with E-state index in [2.05, 4.69) is 40.3 Å². The van der Waals surface area contributed by atoms with E-state index < -0.39 is 5.60 Å². The molecule has 0 saturated carbocycles. The minimum atomic E-state index is -0.929. The Labute approximate surface area is 172 Å². The predicted molar refractivity (Wildman–Crippen MR) is 116 cm³/mol. The van der Waals surface area contributed by atoms with Gasteiger partial charge in [0.1, 0.15) is 0 Å². The van der Waals surface area contributed by atoms with Gasteiger partial charge in [0.25, 0.3) is 0 Å². The fourth-order valence-electron chi connectivity index (χ4n) is 3.56. The first-order valence-corrected chi connectivity index (χ1v) is 10.8. The van der Waals surface area contributed by atoms with E-state index in [4.69, 9.17) is 5.11 Å². The summed E-state index contributed by atoms with van der Waals surface area (Å²) in [6.07, 6.45) is 4.48. The number of hydrogen-bond donors (Lipinski definition) is 3. The number of unbranched alkanes of at least 4 members (excludes halogenated alkanes) is 2. The summed E-state index contributed by atoms with van der Waals surface area (Å²) in [7, 11) is 0. The Morgan fingerprint density at radius 1 is 1.00 bits per heavy atom. The molecule has 2 aromatic carbocycles. The van der Waals surface area contributed by atoms with Crippen LogP contribution in [0.1, 0.15) is 56.1 Å². The number of halogens is 1. The van der Waals surface area contributed by atoms with Crippen LogP contribution in [0.5, 0.6) is 0 Å². The summed E-state index contributed by atoms with van der Waals surface area (Å²) in [6.45, 7) is 3.93. The Balaban J connectivity index is 2.32. The van der Waals surface area contributed by atoms with Gasteiger partial charge < -0.3 is 15.5 Å². The molecule has 3 N–H and O–H groups in total. The molecule has 27 heavy (non-hydrogen) atoms. The maximum atomic E-state index is 11.9. The maximum absolute atomic E-state index is 11.9. The Morgan fingerprint density at radius 2 is 1.70 bits per heavy atom. The Morgan fingerprint density at radius 3 is 2.33 bits per heavy atom. The molecular weight excluding hydrogens is 402 g/mol. The molecule has 2 aromatic rings. The van der Waals surface area contributed by atoms with Crippen LogP contribution in [0.15, 0.2) is 59.1 Å². The van der Waals surface area contributed by atoms with Crippen molar-refractivity contribution in [1.82, 2.24) is 5.32 Å². The second-order valence-electron chi connectivity index (χ2n) is 7.13. The van der Waals surface area contributed by atoms with Gasteiger partial charge in [0.2, 0.25) is 0 Å². The lowest BCUT2D eigenvalue weighted by atomic mass is 9.74. The summed E-state index contributed by atoms with van der Waals surface area (Å²) < 4.78 is 1.02. The van der Waals surface area contributed by atoms with Crippen LogP contribution in [0.2, 0.25) is 0 Å². The van der Waals surface area contributed by atoms with E-state index in [-0.39, 0.29) is 12.5 Å². The Hall–Kier alpha value is -1.20. The third-order valence-corrected chi connectivity index (χ3v) is 5.67.